The number of benzene rings is 2. The van der Waals surface area contributed by atoms with Gasteiger partial charge in [-0.1, -0.05) is 60.7 Å². The highest BCUT2D eigenvalue weighted by Gasteiger charge is 2.30. The molecule has 1 N–H and O–H groups in total. The molecule has 0 bridgehead atoms. The Hall–Kier alpha value is -2.68. The number of amides is 2. The molecule has 1 aliphatic heterocycles. The summed E-state index contributed by atoms with van der Waals surface area (Å²) < 4.78 is 0. The molecule has 1 heterocycles. The molecule has 1 aliphatic rings. The van der Waals surface area contributed by atoms with Crippen molar-refractivity contribution in [2.24, 2.45) is 0 Å². The summed E-state index contributed by atoms with van der Waals surface area (Å²) >= 11 is 0. The number of hydrogen-bond acceptors (Lipinski definition) is 2. The Labute approximate surface area is 116 Å². The highest BCUT2D eigenvalue weighted by Crippen LogP contribution is 2.26. The molecule has 0 aromatic heterocycles. The summed E-state index contributed by atoms with van der Waals surface area (Å²) in [6, 6.07) is 19.0. The first-order valence-electron chi connectivity index (χ1n) is 6.44. The SMILES string of the molecule is O=C1NC(=O)C(c2ccccc2)=C1Cc1ccccc1. The van der Waals surface area contributed by atoms with Crippen molar-refractivity contribution in [3.05, 3.63) is 77.4 Å². The van der Waals surface area contributed by atoms with Crippen molar-refractivity contribution in [3.8, 4) is 0 Å². The van der Waals surface area contributed by atoms with Gasteiger partial charge in [0.15, 0.2) is 0 Å². The van der Waals surface area contributed by atoms with Crippen LogP contribution >= 0.6 is 0 Å². The number of carbonyl (C=O) groups excluding carboxylic acids is 2. The van der Waals surface area contributed by atoms with E-state index in [9.17, 15) is 9.59 Å². The second-order valence-electron chi connectivity index (χ2n) is 4.67. The highest BCUT2D eigenvalue weighted by atomic mass is 16.2. The highest BCUT2D eigenvalue weighted by molar-refractivity contribution is 6.36. The van der Waals surface area contributed by atoms with Gasteiger partial charge in [-0.2, -0.15) is 0 Å². The second-order valence-corrected chi connectivity index (χ2v) is 4.67. The van der Waals surface area contributed by atoms with Crippen LogP contribution in [0, 0.1) is 0 Å². The minimum Gasteiger partial charge on any atom is -0.288 e. The van der Waals surface area contributed by atoms with Gasteiger partial charge in [0.05, 0.1) is 5.57 Å². The van der Waals surface area contributed by atoms with E-state index in [2.05, 4.69) is 5.32 Å². The Morgan fingerprint density at radius 3 is 2.00 bits per heavy atom. The normalized spacial score (nSPS) is 14.6. The van der Waals surface area contributed by atoms with Crippen LogP contribution in [0.25, 0.3) is 5.57 Å². The Morgan fingerprint density at radius 1 is 0.750 bits per heavy atom. The van der Waals surface area contributed by atoms with Gasteiger partial charge >= 0.3 is 0 Å². The van der Waals surface area contributed by atoms with Gasteiger partial charge in [0, 0.05) is 12.0 Å². The zero-order chi connectivity index (χ0) is 13.9. The molecule has 2 amide bonds. The van der Waals surface area contributed by atoms with Crippen LogP contribution in [0.4, 0.5) is 0 Å². The van der Waals surface area contributed by atoms with Crippen LogP contribution in [0.5, 0.6) is 0 Å². The number of rotatable bonds is 3. The molecule has 0 saturated heterocycles. The predicted molar refractivity (Wildman–Crippen MR) is 76.7 cm³/mol. The van der Waals surface area contributed by atoms with Crippen LogP contribution in [-0.2, 0) is 16.0 Å². The van der Waals surface area contributed by atoms with Gasteiger partial charge in [-0.3, -0.25) is 14.9 Å². The van der Waals surface area contributed by atoms with Crippen molar-refractivity contribution in [1.82, 2.24) is 5.32 Å². The van der Waals surface area contributed by atoms with E-state index < -0.39 is 0 Å². The third-order valence-electron chi connectivity index (χ3n) is 3.32. The van der Waals surface area contributed by atoms with Gasteiger partial charge in [-0.15, -0.1) is 0 Å². The molecule has 3 heteroatoms. The number of hydrogen-bond donors (Lipinski definition) is 1. The molecule has 0 fully saturated rings. The van der Waals surface area contributed by atoms with Crippen LogP contribution in [0.1, 0.15) is 11.1 Å². The smallest absolute Gasteiger partial charge is 0.259 e. The quantitative estimate of drug-likeness (QED) is 0.864. The van der Waals surface area contributed by atoms with Gasteiger partial charge in [-0.25, -0.2) is 0 Å². The van der Waals surface area contributed by atoms with Crippen molar-refractivity contribution in [2.75, 3.05) is 0 Å². The Balaban J connectivity index is 2.05. The summed E-state index contributed by atoms with van der Waals surface area (Å²) in [5.41, 5.74) is 2.81. The first-order chi connectivity index (χ1) is 9.75. The Kier molecular flexibility index (Phi) is 3.17. The van der Waals surface area contributed by atoms with E-state index in [1.807, 2.05) is 60.7 Å². The van der Waals surface area contributed by atoms with Crippen LogP contribution in [0.3, 0.4) is 0 Å². The number of carbonyl (C=O) groups is 2. The molecule has 20 heavy (non-hydrogen) atoms. The molecule has 98 valence electrons. The van der Waals surface area contributed by atoms with Gasteiger partial charge in [0.2, 0.25) is 0 Å². The lowest BCUT2D eigenvalue weighted by Crippen LogP contribution is -2.23. The summed E-state index contributed by atoms with van der Waals surface area (Å²) in [5.74, 6) is -0.607. The van der Waals surface area contributed by atoms with E-state index in [4.69, 9.17) is 0 Å². The summed E-state index contributed by atoms with van der Waals surface area (Å²) in [4.78, 5) is 24.0. The lowest BCUT2D eigenvalue weighted by molar-refractivity contribution is -0.123. The van der Waals surface area contributed by atoms with Crippen molar-refractivity contribution in [1.29, 1.82) is 0 Å². The first-order valence-corrected chi connectivity index (χ1v) is 6.44. The minimum atomic E-state index is -0.313. The fraction of sp³-hybridized carbons (Fsp3) is 0.0588. The number of imide groups is 1. The standard InChI is InChI=1S/C17H13NO2/c19-16-14(11-12-7-3-1-4-8-12)15(17(20)18-16)13-9-5-2-6-10-13/h1-10H,11H2,(H,18,19,20). The molecule has 0 unspecified atom stereocenters. The molecule has 0 aliphatic carbocycles. The van der Waals surface area contributed by atoms with Crippen LogP contribution in [-0.4, -0.2) is 11.8 Å². The van der Waals surface area contributed by atoms with Gasteiger partial charge in [0.25, 0.3) is 11.8 Å². The molecule has 0 radical (unpaired) electrons. The van der Waals surface area contributed by atoms with Gasteiger partial charge < -0.3 is 0 Å². The average molecular weight is 263 g/mol. The summed E-state index contributed by atoms with van der Waals surface area (Å²) in [7, 11) is 0. The van der Waals surface area contributed by atoms with Crippen LogP contribution in [0.15, 0.2) is 66.2 Å². The van der Waals surface area contributed by atoms with E-state index in [1.54, 1.807) is 0 Å². The largest absolute Gasteiger partial charge is 0.288 e. The third kappa shape index (κ3) is 2.26. The monoisotopic (exact) mass is 263 g/mol. The van der Waals surface area contributed by atoms with Crippen molar-refractivity contribution >= 4 is 17.4 Å². The number of nitrogens with one attached hydrogen (secondary N) is 1. The summed E-state index contributed by atoms with van der Waals surface area (Å²) in [6.45, 7) is 0. The summed E-state index contributed by atoms with van der Waals surface area (Å²) in [6.07, 6.45) is 0.461. The molecular formula is C17H13NO2. The predicted octanol–water partition coefficient (Wildman–Crippen LogP) is 2.34. The fourth-order valence-electron chi connectivity index (χ4n) is 2.37. The van der Waals surface area contributed by atoms with Gasteiger partial charge in [0.1, 0.15) is 0 Å². The molecule has 3 rings (SSSR count). The van der Waals surface area contributed by atoms with E-state index in [-0.39, 0.29) is 11.8 Å². The maximum absolute atomic E-state index is 12.0. The Bertz CT molecular complexity index is 687. The topological polar surface area (TPSA) is 46.2 Å². The van der Waals surface area contributed by atoms with E-state index in [0.29, 0.717) is 17.6 Å². The van der Waals surface area contributed by atoms with Crippen molar-refractivity contribution in [2.45, 2.75) is 6.42 Å². The molecule has 0 atom stereocenters. The van der Waals surface area contributed by atoms with Gasteiger partial charge in [-0.05, 0) is 11.1 Å². The van der Waals surface area contributed by atoms with Crippen molar-refractivity contribution < 1.29 is 9.59 Å². The maximum atomic E-state index is 12.0. The van der Waals surface area contributed by atoms with Crippen LogP contribution in [0.2, 0.25) is 0 Å². The second kappa shape index (κ2) is 5.13. The summed E-state index contributed by atoms with van der Waals surface area (Å²) in [5, 5.41) is 2.38. The lowest BCUT2D eigenvalue weighted by atomic mass is 9.97. The minimum absolute atomic E-state index is 0.294. The Morgan fingerprint density at radius 2 is 1.35 bits per heavy atom. The zero-order valence-electron chi connectivity index (χ0n) is 10.8. The fourth-order valence-corrected chi connectivity index (χ4v) is 2.37. The van der Waals surface area contributed by atoms with E-state index >= 15 is 0 Å². The molecule has 0 saturated carbocycles. The molecule has 0 spiro atoms. The molecule has 2 aromatic carbocycles. The van der Waals surface area contributed by atoms with E-state index in [0.717, 1.165) is 11.1 Å². The molecular weight excluding hydrogens is 250 g/mol. The third-order valence-corrected chi connectivity index (χ3v) is 3.32. The average Bonchev–Trinajstić information content (AvgIpc) is 2.75. The van der Waals surface area contributed by atoms with E-state index in [1.165, 1.54) is 0 Å². The van der Waals surface area contributed by atoms with Crippen molar-refractivity contribution in [3.63, 3.8) is 0 Å². The molecule has 2 aromatic rings. The van der Waals surface area contributed by atoms with Crippen LogP contribution < -0.4 is 5.32 Å². The first kappa shape index (κ1) is 12.4. The lowest BCUT2D eigenvalue weighted by Gasteiger charge is -2.04. The maximum Gasteiger partial charge on any atom is 0.259 e. The molecule has 3 nitrogen and oxygen atoms in total. The zero-order valence-corrected chi connectivity index (χ0v) is 10.8.